The Morgan fingerprint density at radius 2 is 1.86 bits per heavy atom. The minimum absolute atomic E-state index is 0.307. The average Bonchev–Trinajstić information content (AvgIpc) is 3.15. The van der Waals surface area contributed by atoms with Crippen LogP contribution >= 0.6 is 0 Å². The Bertz CT molecular complexity index is 865. The summed E-state index contributed by atoms with van der Waals surface area (Å²) in [5.41, 5.74) is 1.97. The van der Waals surface area contributed by atoms with Crippen LogP contribution in [0.5, 0.6) is 0 Å². The van der Waals surface area contributed by atoms with Crippen LogP contribution in [-0.4, -0.2) is 39.5 Å². The van der Waals surface area contributed by atoms with Gasteiger partial charge in [0.25, 0.3) is 0 Å². The van der Waals surface area contributed by atoms with E-state index in [1.807, 2.05) is 72.3 Å². The van der Waals surface area contributed by atoms with Gasteiger partial charge in [0, 0.05) is 31.9 Å². The van der Waals surface area contributed by atoms with Crippen LogP contribution in [0.3, 0.4) is 0 Å². The third-order valence-corrected chi connectivity index (χ3v) is 4.94. The molecule has 1 aromatic carbocycles. The summed E-state index contributed by atoms with van der Waals surface area (Å²) >= 11 is 0. The van der Waals surface area contributed by atoms with Crippen molar-refractivity contribution >= 4 is 6.09 Å². The zero-order valence-corrected chi connectivity index (χ0v) is 18.4. The number of benzene rings is 1. The smallest absolute Gasteiger partial charge is 0.410 e. The number of amides is 1. The van der Waals surface area contributed by atoms with Crippen molar-refractivity contribution in [1.29, 1.82) is 5.26 Å². The molecule has 1 amide bonds. The minimum atomic E-state index is -0.587. The van der Waals surface area contributed by atoms with E-state index in [9.17, 15) is 10.1 Å². The van der Waals surface area contributed by atoms with Crippen LogP contribution in [0.1, 0.15) is 53.0 Å². The number of aryl methyl sites for hydroxylation is 1. The number of carbonyl (C=O) groups excluding carboxylic acids is 1. The molecule has 0 bridgehead atoms. The molecule has 0 saturated carbocycles. The van der Waals surface area contributed by atoms with Crippen molar-refractivity contribution in [2.75, 3.05) is 13.1 Å². The summed E-state index contributed by atoms with van der Waals surface area (Å²) in [5, 5.41) is 14.2. The van der Waals surface area contributed by atoms with Crippen molar-refractivity contribution in [3.05, 3.63) is 42.2 Å². The molecule has 1 saturated heterocycles. The van der Waals surface area contributed by atoms with Gasteiger partial charge in [-0.1, -0.05) is 32.0 Å². The maximum absolute atomic E-state index is 12.3. The van der Waals surface area contributed by atoms with E-state index in [1.54, 1.807) is 9.58 Å². The molecule has 0 aliphatic carbocycles. The number of likely N-dealkylation sites (tertiary alicyclic amines) is 1. The van der Waals surface area contributed by atoms with E-state index >= 15 is 0 Å². The lowest BCUT2D eigenvalue weighted by Gasteiger charge is -2.38. The largest absolute Gasteiger partial charge is 0.444 e. The molecule has 1 aliphatic heterocycles. The summed E-state index contributed by atoms with van der Waals surface area (Å²) < 4.78 is 7.22. The fraction of sp³-hybridized carbons (Fsp3) is 0.522. The number of piperidine rings is 1. The number of nitriles is 1. The fourth-order valence-corrected chi connectivity index (χ4v) is 3.43. The zero-order valence-electron chi connectivity index (χ0n) is 18.4. The SMILES string of the molecule is CC.Cn1cc(-c2cccc(C3(C#N)CCN(C(=O)OC(C)(C)C)CC3)c2)cn1. The van der Waals surface area contributed by atoms with E-state index in [0.29, 0.717) is 25.9 Å². The maximum atomic E-state index is 12.3. The van der Waals surface area contributed by atoms with Crippen LogP contribution in [-0.2, 0) is 17.2 Å². The second-order valence-corrected chi connectivity index (χ2v) is 8.14. The fourth-order valence-electron chi connectivity index (χ4n) is 3.43. The van der Waals surface area contributed by atoms with Gasteiger partial charge in [-0.15, -0.1) is 0 Å². The van der Waals surface area contributed by atoms with Crippen LogP contribution in [0.2, 0.25) is 0 Å². The van der Waals surface area contributed by atoms with Gasteiger partial charge < -0.3 is 9.64 Å². The van der Waals surface area contributed by atoms with Gasteiger partial charge >= 0.3 is 6.09 Å². The normalized spacial score (nSPS) is 15.7. The van der Waals surface area contributed by atoms with Gasteiger partial charge in [-0.05, 0) is 50.8 Å². The molecule has 3 rings (SSSR count). The molecular weight excluding hydrogens is 364 g/mol. The van der Waals surface area contributed by atoms with Gasteiger partial charge in [-0.3, -0.25) is 4.68 Å². The molecule has 0 N–H and O–H groups in total. The molecule has 2 aromatic rings. The second kappa shape index (κ2) is 9.13. The van der Waals surface area contributed by atoms with Crippen LogP contribution < -0.4 is 0 Å². The molecule has 6 nitrogen and oxygen atoms in total. The third-order valence-electron chi connectivity index (χ3n) is 4.94. The summed E-state index contributed by atoms with van der Waals surface area (Å²) in [6, 6.07) is 10.6. The van der Waals surface area contributed by atoms with Gasteiger partial charge in [-0.2, -0.15) is 10.4 Å². The quantitative estimate of drug-likeness (QED) is 0.723. The molecule has 29 heavy (non-hydrogen) atoms. The number of hydrogen-bond donors (Lipinski definition) is 0. The Balaban J connectivity index is 0.00000145. The van der Waals surface area contributed by atoms with Gasteiger partial charge in [0.15, 0.2) is 0 Å². The number of aromatic nitrogens is 2. The standard InChI is InChI=1S/C21H26N4O2.C2H6/c1-20(2,3)27-19(26)25-10-8-21(15-22,9-11-25)18-7-5-6-16(12-18)17-13-23-24(4)14-17;1-2/h5-7,12-14H,8-11H2,1-4H3;1-2H3. The Labute approximate surface area is 174 Å². The first-order chi connectivity index (χ1) is 13.7. The predicted molar refractivity (Wildman–Crippen MR) is 114 cm³/mol. The highest BCUT2D eigenvalue weighted by Gasteiger charge is 2.39. The first kappa shape index (κ1) is 22.5. The molecule has 0 radical (unpaired) electrons. The van der Waals surface area contributed by atoms with E-state index in [-0.39, 0.29) is 6.09 Å². The lowest BCUT2D eigenvalue weighted by molar-refractivity contribution is 0.0185. The highest BCUT2D eigenvalue weighted by atomic mass is 16.6. The molecule has 0 spiro atoms. The number of carbonyl (C=O) groups is 1. The minimum Gasteiger partial charge on any atom is -0.444 e. The van der Waals surface area contributed by atoms with Crippen LogP contribution in [0.25, 0.3) is 11.1 Å². The molecule has 0 unspecified atom stereocenters. The van der Waals surface area contributed by atoms with Gasteiger partial charge in [0.1, 0.15) is 5.60 Å². The molecule has 2 heterocycles. The molecular formula is C23H32N4O2. The van der Waals surface area contributed by atoms with Crippen molar-refractivity contribution in [1.82, 2.24) is 14.7 Å². The average molecular weight is 397 g/mol. The molecule has 0 atom stereocenters. The Hall–Kier alpha value is -2.81. The third kappa shape index (κ3) is 5.38. The Morgan fingerprint density at radius 1 is 1.21 bits per heavy atom. The predicted octanol–water partition coefficient (Wildman–Crippen LogP) is 4.91. The van der Waals surface area contributed by atoms with E-state index in [0.717, 1.165) is 16.7 Å². The monoisotopic (exact) mass is 396 g/mol. The van der Waals surface area contributed by atoms with E-state index in [4.69, 9.17) is 4.74 Å². The molecule has 156 valence electrons. The van der Waals surface area contributed by atoms with Crippen LogP contribution in [0.15, 0.2) is 36.7 Å². The highest BCUT2D eigenvalue weighted by molar-refractivity contribution is 5.68. The summed E-state index contributed by atoms with van der Waals surface area (Å²) in [6.45, 7) is 10.6. The van der Waals surface area contributed by atoms with Crippen molar-refractivity contribution in [2.45, 2.75) is 58.5 Å². The Kier molecular flexibility index (Phi) is 7.07. The lowest BCUT2D eigenvalue weighted by Crippen LogP contribution is -2.46. The topological polar surface area (TPSA) is 71.2 Å². The summed E-state index contributed by atoms with van der Waals surface area (Å²) in [6.07, 6.45) is 4.67. The molecule has 1 aromatic heterocycles. The highest BCUT2D eigenvalue weighted by Crippen LogP contribution is 2.37. The molecule has 1 aliphatic rings. The van der Waals surface area contributed by atoms with Crippen LogP contribution in [0.4, 0.5) is 4.79 Å². The maximum Gasteiger partial charge on any atom is 0.410 e. The number of ether oxygens (including phenoxy) is 1. The first-order valence-corrected chi connectivity index (χ1v) is 10.2. The number of hydrogen-bond acceptors (Lipinski definition) is 4. The van der Waals surface area contributed by atoms with E-state index in [2.05, 4.69) is 17.2 Å². The van der Waals surface area contributed by atoms with Crippen molar-refractivity contribution in [2.24, 2.45) is 7.05 Å². The van der Waals surface area contributed by atoms with Crippen LogP contribution in [0, 0.1) is 11.3 Å². The number of nitrogens with zero attached hydrogens (tertiary/aromatic N) is 4. The van der Waals surface area contributed by atoms with Gasteiger partial charge in [0.05, 0.1) is 17.7 Å². The molecule has 1 fully saturated rings. The molecule has 6 heteroatoms. The van der Waals surface area contributed by atoms with Crippen molar-refractivity contribution < 1.29 is 9.53 Å². The second-order valence-electron chi connectivity index (χ2n) is 8.14. The summed E-state index contributed by atoms with van der Waals surface area (Å²) in [7, 11) is 1.89. The van der Waals surface area contributed by atoms with E-state index in [1.165, 1.54) is 0 Å². The van der Waals surface area contributed by atoms with Crippen molar-refractivity contribution in [3.8, 4) is 17.2 Å². The van der Waals surface area contributed by atoms with E-state index < -0.39 is 11.0 Å². The lowest BCUT2D eigenvalue weighted by atomic mass is 9.73. The van der Waals surface area contributed by atoms with Crippen molar-refractivity contribution in [3.63, 3.8) is 0 Å². The summed E-state index contributed by atoms with van der Waals surface area (Å²) in [5.74, 6) is 0. The van der Waals surface area contributed by atoms with Gasteiger partial charge in [0.2, 0.25) is 0 Å². The van der Waals surface area contributed by atoms with Gasteiger partial charge in [-0.25, -0.2) is 4.79 Å². The first-order valence-electron chi connectivity index (χ1n) is 10.2. The Morgan fingerprint density at radius 3 is 2.38 bits per heavy atom. The summed E-state index contributed by atoms with van der Waals surface area (Å²) in [4.78, 5) is 14.0. The number of rotatable bonds is 2. The zero-order chi connectivity index (χ0) is 21.7.